The largest absolute Gasteiger partial charge is 0.466 e. The van der Waals surface area contributed by atoms with Gasteiger partial charge >= 0.3 is 5.97 Å². The SMILES string of the molecule is CCOC(=O)[C@@H]1CCCN([C@@H]2CC(=O)N(c3ccc(F)cc3)C2=O)C1. The van der Waals surface area contributed by atoms with Crippen LogP contribution < -0.4 is 4.90 Å². The second-order valence-electron chi connectivity index (χ2n) is 6.35. The van der Waals surface area contributed by atoms with E-state index < -0.39 is 11.9 Å². The number of amides is 2. The number of hydrogen-bond acceptors (Lipinski definition) is 5. The maximum Gasteiger partial charge on any atom is 0.310 e. The molecule has 2 aliphatic heterocycles. The van der Waals surface area contributed by atoms with E-state index in [0.29, 0.717) is 25.4 Å². The molecule has 25 heavy (non-hydrogen) atoms. The van der Waals surface area contributed by atoms with Crippen molar-refractivity contribution in [2.45, 2.75) is 32.2 Å². The quantitative estimate of drug-likeness (QED) is 0.612. The number of piperidine rings is 1. The number of hydrogen-bond donors (Lipinski definition) is 0. The summed E-state index contributed by atoms with van der Waals surface area (Å²) in [4.78, 5) is 40.1. The van der Waals surface area contributed by atoms with Gasteiger partial charge in [0.25, 0.3) is 5.91 Å². The fraction of sp³-hybridized carbons (Fsp3) is 0.500. The highest BCUT2D eigenvalue weighted by Crippen LogP contribution is 2.29. The average molecular weight is 348 g/mol. The Bertz CT molecular complexity index is 676. The summed E-state index contributed by atoms with van der Waals surface area (Å²) >= 11 is 0. The molecule has 0 aliphatic carbocycles. The molecule has 0 radical (unpaired) electrons. The fourth-order valence-electron chi connectivity index (χ4n) is 3.50. The lowest BCUT2D eigenvalue weighted by molar-refractivity contribution is -0.150. The summed E-state index contributed by atoms with van der Waals surface area (Å²) in [5.74, 6) is -1.57. The van der Waals surface area contributed by atoms with Crippen LogP contribution in [0.5, 0.6) is 0 Å². The molecule has 7 heteroatoms. The van der Waals surface area contributed by atoms with Gasteiger partial charge in [-0.05, 0) is 50.6 Å². The third-order valence-electron chi connectivity index (χ3n) is 4.72. The number of ether oxygens (including phenoxy) is 1. The van der Waals surface area contributed by atoms with Crippen molar-refractivity contribution in [1.29, 1.82) is 0 Å². The zero-order chi connectivity index (χ0) is 18.0. The minimum absolute atomic E-state index is 0.0752. The summed E-state index contributed by atoms with van der Waals surface area (Å²) in [6.45, 7) is 3.17. The summed E-state index contributed by atoms with van der Waals surface area (Å²) in [5, 5.41) is 0. The molecule has 1 aromatic carbocycles. The van der Waals surface area contributed by atoms with Gasteiger partial charge in [0.15, 0.2) is 0 Å². The first-order valence-electron chi connectivity index (χ1n) is 8.54. The number of carbonyl (C=O) groups is 3. The molecule has 0 saturated carbocycles. The lowest BCUT2D eigenvalue weighted by Gasteiger charge is -2.34. The Morgan fingerprint density at radius 3 is 2.68 bits per heavy atom. The van der Waals surface area contributed by atoms with Crippen molar-refractivity contribution in [2.75, 3.05) is 24.6 Å². The Kier molecular flexibility index (Phi) is 5.13. The van der Waals surface area contributed by atoms with E-state index in [-0.39, 0.29) is 30.1 Å². The normalized spacial score (nSPS) is 24.6. The summed E-state index contributed by atoms with van der Waals surface area (Å²) in [7, 11) is 0. The van der Waals surface area contributed by atoms with Gasteiger partial charge in [0.05, 0.1) is 30.7 Å². The fourth-order valence-corrected chi connectivity index (χ4v) is 3.50. The molecular weight excluding hydrogens is 327 g/mol. The van der Waals surface area contributed by atoms with Gasteiger partial charge in [0.2, 0.25) is 5.91 Å². The second kappa shape index (κ2) is 7.31. The first-order chi connectivity index (χ1) is 12.0. The van der Waals surface area contributed by atoms with Crippen LogP contribution in [0, 0.1) is 11.7 Å². The van der Waals surface area contributed by atoms with Gasteiger partial charge < -0.3 is 4.74 Å². The minimum atomic E-state index is -0.574. The Labute approximate surface area is 145 Å². The predicted molar refractivity (Wildman–Crippen MR) is 88.2 cm³/mol. The average Bonchev–Trinajstić information content (AvgIpc) is 2.91. The number of anilines is 1. The first-order valence-corrected chi connectivity index (χ1v) is 8.54. The van der Waals surface area contributed by atoms with Crippen LogP contribution in [0.2, 0.25) is 0 Å². The molecule has 2 fully saturated rings. The van der Waals surface area contributed by atoms with Gasteiger partial charge in [0, 0.05) is 6.54 Å². The van der Waals surface area contributed by atoms with E-state index in [1.165, 1.54) is 24.3 Å². The Hall–Kier alpha value is -2.28. The zero-order valence-corrected chi connectivity index (χ0v) is 14.1. The number of carbonyl (C=O) groups excluding carboxylic acids is 3. The Morgan fingerprint density at radius 1 is 1.28 bits per heavy atom. The Morgan fingerprint density at radius 2 is 2.00 bits per heavy atom. The van der Waals surface area contributed by atoms with Crippen molar-refractivity contribution in [3.8, 4) is 0 Å². The number of imide groups is 1. The summed E-state index contributed by atoms with van der Waals surface area (Å²) < 4.78 is 18.2. The summed E-state index contributed by atoms with van der Waals surface area (Å²) in [5.41, 5.74) is 0.373. The molecule has 2 amide bonds. The van der Waals surface area contributed by atoms with Gasteiger partial charge in [0.1, 0.15) is 5.82 Å². The first kappa shape index (κ1) is 17.5. The molecule has 2 aliphatic rings. The number of esters is 1. The van der Waals surface area contributed by atoms with E-state index in [1.807, 2.05) is 4.90 Å². The zero-order valence-electron chi connectivity index (χ0n) is 14.1. The minimum Gasteiger partial charge on any atom is -0.466 e. The van der Waals surface area contributed by atoms with Crippen molar-refractivity contribution in [3.63, 3.8) is 0 Å². The lowest BCUT2D eigenvalue weighted by Crippen LogP contribution is -2.48. The van der Waals surface area contributed by atoms with Crippen LogP contribution in [-0.2, 0) is 19.1 Å². The lowest BCUT2D eigenvalue weighted by atomic mass is 9.96. The molecule has 6 nitrogen and oxygen atoms in total. The highest BCUT2D eigenvalue weighted by atomic mass is 19.1. The van der Waals surface area contributed by atoms with E-state index in [0.717, 1.165) is 17.7 Å². The molecule has 0 aromatic heterocycles. The molecule has 0 spiro atoms. The van der Waals surface area contributed by atoms with Crippen molar-refractivity contribution in [1.82, 2.24) is 4.90 Å². The standard InChI is InChI=1S/C18H21FN2O4/c1-2-25-18(24)12-4-3-9-20(11-12)15-10-16(22)21(17(15)23)14-7-5-13(19)6-8-14/h5-8,12,15H,2-4,9-11H2,1H3/t12-,15-/m1/s1. The van der Waals surface area contributed by atoms with Gasteiger partial charge in [-0.25, -0.2) is 9.29 Å². The van der Waals surface area contributed by atoms with Crippen molar-refractivity contribution in [3.05, 3.63) is 30.1 Å². The molecule has 0 N–H and O–H groups in total. The second-order valence-corrected chi connectivity index (χ2v) is 6.35. The molecule has 0 bridgehead atoms. The van der Waals surface area contributed by atoms with E-state index in [4.69, 9.17) is 4.74 Å². The van der Waals surface area contributed by atoms with E-state index in [9.17, 15) is 18.8 Å². The summed E-state index contributed by atoms with van der Waals surface area (Å²) in [6.07, 6.45) is 1.58. The van der Waals surface area contributed by atoms with Crippen LogP contribution in [-0.4, -0.2) is 48.4 Å². The smallest absolute Gasteiger partial charge is 0.310 e. The van der Waals surface area contributed by atoms with Crippen molar-refractivity contribution >= 4 is 23.5 Å². The van der Waals surface area contributed by atoms with Gasteiger partial charge in [-0.3, -0.25) is 19.3 Å². The highest BCUT2D eigenvalue weighted by molar-refractivity contribution is 6.22. The van der Waals surface area contributed by atoms with E-state index in [1.54, 1.807) is 6.92 Å². The van der Waals surface area contributed by atoms with Crippen LogP contribution in [0.15, 0.2) is 24.3 Å². The maximum absolute atomic E-state index is 13.1. The highest BCUT2D eigenvalue weighted by Gasteiger charge is 2.44. The van der Waals surface area contributed by atoms with Gasteiger partial charge in [-0.15, -0.1) is 0 Å². The van der Waals surface area contributed by atoms with Crippen molar-refractivity contribution in [2.24, 2.45) is 5.92 Å². The molecule has 2 atom stereocenters. The molecule has 134 valence electrons. The van der Waals surface area contributed by atoms with Crippen LogP contribution in [0.1, 0.15) is 26.2 Å². The number of halogens is 1. The van der Waals surface area contributed by atoms with E-state index in [2.05, 4.69) is 0 Å². The number of rotatable bonds is 4. The number of nitrogens with zero attached hydrogens (tertiary/aromatic N) is 2. The third kappa shape index (κ3) is 3.56. The van der Waals surface area contributed by atoms with Crippen molar-refractivity contribution < 1.29 is 23.5 Å². The van der Waals surface area contributed by atoms with Crippen LogP contribution >= 0.6 is 0 Å². The topological polar surface area (TPSA) is 66.9 Å². The van der Waals surface area contributed by atoms with Crippen LogP contribution in [0.4, 0.5) is 10.1 Å². The Balaban J connectivity index is 1.73. The van der Waals surface area contributed by atoms with Crippen LogP contribution in [0.3, 0.4) is 0 Å². The molecule has 3 rings (SSSR count). The molecule has 1 aromatic rings. The molecular formula is C18H21FN2O4. The predicted octanol–water partition coefficient (Wildman–Crippen LogP) is 1.73. The molecule has 0 unspecified atom stereocenters. The molecule has 2 heterocycles. The van der Waals surface area contributed by atoms with E-state index >= 15 is 0 Å². The monoisotopic (exact) mass is 348 g/mol. The van der Waals surface area contributed by atoms with Gasteiger partial charge in [-0.1, -0.05) is 0 Å². The molecule has 2 saturated heterocycles. The maximum atomic E-state index is 13.1. The third-order valence-corrected chi connectivity index (χ3v) is 4.72. The number of likely N-dealkylation sites (tertiary alicyclic amines) is 1. The number of benzene rings is 1. The van der Waals surface area contributed by atoms with Gasteiger partial charge in [-0.2, -0.15) is 0 Å². The summed E-state index contributed by atoms with van der Waals surface area (Å²) in [6, 6.07) is 4.72. The van der Waals surface area contributed by atoms with Crippen LogP contribution in [0.25, 0.3) is 0 Å².